The van der Waals surface area contributed by atoms with Gasteiger partial charge < -0.3 is 9.32 Å². The molecule has 1 aliphatic rings. The Balaban J connectivity index is 1.51. The van der Waals surface area contributed by atoms with Crippen molar-refractivity contribution in [1.29, 1.82) is 0 Å². The van der Waals surface area contributed by atoms with Crippen LogP contribution in [0, 0.1) is 5.82 Å². The standard InChI is InChI=1S/C22H23FN2O2/c1-16(26)25-9-3-8-24(10-11-25)15-21-14-19-12-18(6-7-22(19)27-21)17-4-2-5-20(23)13-17/h2,4-7,12-14H,3,8-11,15H2,1H3. The molecular weight excluding hydrogens is 343 g/mol. The molecule has 0 aliphatic carbocycles. The highest BCUT2D eigenvalue weighted by Gasteiger charge is 2.18. The molecule has 0 spiro atoms. The SMILES string of the molecule is CC(=O)N1CCCN(Cc2cc3cc(-c4cccc(F)c4)ccc3o2)CC1. The average molecular weight is 366 g/mol. The molecule has 0 radical (unpaired) electrons. The number of furan rings is 1. The summed E-state index contributed by atoms with van der Waals surface area (Å²) >= 11 is 0. The van der Waals surface area contributed by atoms with Crippen LogP contribution in [0.5, 0.6) is 0 Å². The molecular formula is C22H23FN2O2. The van der Waals surface area contributed by atoms with Gasteiger partial charge >= 0.3 is 0 Å². The molecule has 1 aromatic heterocycles. The van der Waals surface area contributed by atoms with Gasteiger partial charge in [-0.25, -0.2) is 4.39 Å². The molecule has 2 aromatic carbocycles. The summed E-state index contributed by atoms with van der Waals surface area (Å²) in [6.07, 6.45) is 0.976. The van der Waals surface area contributed by atoms with E-state index >= 15 is 0 Å². The van der Waals surface area contributed by atoms with Gasteiger partial charge in [-0.15, -0.1) is 0 Å². The first-order valence-corrected chi connectivity index (χ1v) is 9.35. The van der Waals surface area contributed by atoms with Gasteiger partial charge in [0.2, 0.25) is 5.91 Å². The fourth-order valence-electron chi connectivity index (χ4n) is 3.69. The van der Waals surface area contributed by atoms with Crippen LogP contribution in [-0.4, -0.2) is 41.9 Å². The highest BCUT2D eigenvalue weighted by Crippen LogP contribution is 2.27. The van der Waals surface area contributed by atoms with Gasteiger partial charge in [0.1, 0.15) is 17.2 Å². The average Bonchev–Trinajstić information content (AvgIpc) is 2.89. The van der Waals surface area contributed by atoms with E-state index in [1.54, 1.807) is 19.1 Å². The number of amides is 1. The van der Waals surface area contributed by atoms with E-state index in [-0.39, 0.29) is 11.7 Å². The predicted molar refractivity (Wildman–Crippen MR) is 104 cm³/mol. The van der Waals surface area contributed by atoms with Gasteiger partial charge in [-0.3, -0.25) is 9.69 Å². The van der Waals surface area contributed by atoms with Crippen molar-refractivity contribution in [2.45, 2.75) is 19.9 Å². The Kier molecular flexibility index (Phi) is 4.94. The number of fused-ring (bicyclic) bond motifs is 1. The first-order valence-electron chi connectivity index (χ1n) is 9.35. The molecule has 0 unspecified atom stereocenters. The van der Waals surface area contributed by atoms with Crippen molar-refractivity contribution in [1.82, 2.24) is 9.80 Å². The first kappa shape index (κ1) is 17.7. The summed E-state index contributed by atoms with van der Waals surface area (Å²) < 4.78 is 19.5. The summed E-state index contributed by atoms with van der Waals surface area (Å²) in [4.78, 5) is 15.8. The summed E-state index contributed by atoms with van der Waals surface area (Å²) in [5, 5.41) is 1.02. The largest absolute Gasteiger partial charge is 0.460 e. The highest BCUT2D eigenvalue weighted by molar-refractivity contribution is 5.84. The zero-order valence-electron chi connectivity index (χ0n) is 15.5. The van der Waals surface area contributed by atoms with E-state index in [2.05, 4.69) is 11.0 Å². The maximum absolute atomic E-state index is 13.5. The van der Waals surface area contributed by atoms with Gasteiger partial charge in [0.15, 0.2) is 0 Å². The van der Waals surface area contributed by atoms with Crippen molar-refractivity contribution in [3.05, 3.63) is 60.1 Å². The zero-order chi connectivity index (χ0) is 18.8. The van der Waals surface area contributed by atoms with E-state index in [4.69, 9.17) is 4.42 Å². The lowest BCUT2D eigenvalue weighted by Gasteiger charge is -2.20. The van der Waals surface area contributed by atoms with Crippen molar-refractivity contribution < 1.29 is 13.6 Å². The smallest absolute Gasteiger partial charge is 0.219 e. The Labute approximate surface area is 158 Å². The molecule has 0 atom stereocenters. The van der Waals surface area contributed by atoms with Crippen LogP contribution < -0.4 is 0 Å². The number of rotatable bonds is 3. The van der Waals surface area contributed by atoms with Gasteiger partial charge in [-0.1, -0.05) is 18.2 Å². The summed E-state index contributed by atoms with van der Waals surface area (Å²) in [5.74, 6) is 0.824. The lowest BCUT2D eigenvalue weighted by Crippen LogP contribution is -2.33. The number of nitrogens with zero attached hydrogens (tertiary/aromatic N) is 2. The third-order valence-electron chi connectivity index (χ3n) is 5.14. The van der Waals surface area contributed by atoms with E-state index in [9.17, 15) is 9.18 Å². The molecule has 1 aliphatic heterocycles. The predicted octanol–water partition coefficient (Wildman–Crippen LogP) is 4.29. The third-order valence-corrected chi connectivity index (χ3v) is 5.14. The number of carbonyl (C=O) groups excluding carboxylic acids is 1. The van der Waals surface area contributed by atoms with Crippen molar-refractivity contribution in [2.24, 2.45) is 0 Å². The van der Waals surface area contributed by atoms with Crippen LogP contribution in [0.4, 0.5) is 4.39 Å². The van der Waals surface area contributed by atoms with Gasteiger partial charge in [-0.2, -0.15) is 0 Å². The Hall–Kier alpha value is -2.66. The fraction of sp³-hybridized carbons (Fsp3) is 0.318. The molecule has 4 nitrogen and oxygen atoms in total. The fourth-order valence-corrected chi connectivity index (χ4v) is 3.69. The Bertz CT molecular complexity index is 966. The molecule has 2 heterocycles. The molecule has 0 bridgehead atoms. The molecule has 140 valence electrons. The monoisotopic (exact) mass is 366 g/mol. The lowest BCUT2D eigenvalue weighted by molar-refractivity contribution is -0.128. The molecule has 1 amide bonds. The van der Waals surface area contributed by atoms with Crippen LogP contribution in [0.2, 0.25) is 0 Å². The topological polar surface area (TPSA) is 36.7 Å². The second-order valence-electron chi connectivity index (χ2n) is 7.11. The molecule has 1 saturated heterocycles. The van der Waals surface area contributed by atoms with Gasteiger partial charge in [0, 0.05) is 38.5 Å². The second kappa shape index (κ2) is 7.53. The quantitative estimate of drug-likeness (QED) is 0.694. The van der Waals surface area contributed by atoms with Crippen molar-refractivity contribution >= 4 is 16.9 Å². The number of hydrogen-bond acceptors (Lipinski definition) is 3. The molecule has 0 saturated carbocycles. The van der Waals surface area contributed by atoms with E-state index < -0.39 is 0 Å². The van der Waals surface area contributed by atoms with Crippen LogP contribution in [-0.2, 0) is 11.3 Å². The number of carbonyl (C=O) groups is 1. The van der Waals surface area contributed by atoms with Crippen LogP contribution in [0.15, 0.2) is 52.9 Å². The van der Waals surface area contributed by atoms with Gasteiger partial charge in [0.05, 0.1) is 6.54 Å². The third kappa shape index (κ3) is 4.03. The maximum Gasteiger partial charge on any atom is 0.219 e. The summed E-state index contributed by atoms with van der Waals surface area (Å²) in [6, 6.07) is 14.6. The lowest BCUT2D eigenvalue weighted by atomic mass is 10.0. The van der Waals surface area contributed by atoms with E-state index in [1.807, 2.05) is 29.2 Å². The Morgan fingerprint density at radius 2 is 1.89 bits per heavy atom. The summed E-state index contributed by atoms with van der Waals surface area (Å²) in [7, 11) is 0. The summed E-state index contributed by atoms with van der Waals surface area (Å²) in [5.41, 5.74) is 2.67. The van der Waals surface area contributed by atoms with Gasteiger partial charge in [-0.05, 0) is 47.9 Å². The second-order valence-corrected chi connectivity index (χ2v) is 7.11. The summed E-state index contributed by atoms with van der Waals surface area (Å²) in [6.45, 7) is 5.75. The van der Waals surface area contributed by atoms with E-state index in [1.165, 1.54) is 6.07 Å². The number of benzene rings is 2. The minimum Gasteiger partial charge on any atom is -0.460 e. The highest BCUT2D eigenvalue weighted by atomic mass is 19.1. The van der Waals surface area contributed by atoms with Crippen molar-refractivity contribution in [3.8, 4) is 11.1 Å². The molecule has 5 heteroatoms. The number of hydrogen-bond donors (Lipinski definition) is 0. The molecule has 3 aromatic rings. The molecule has 4 rings (SSSR count). The van der Waals surface area contributed by atoms with Crippen LogP contribution >= 0.6 is 0 Å². The number of halogens is 1. The van der Waals surface area contributed by atoms with Crippen LogP contribution in [0.25, 0.3) is 22.1 Å². The Morgan fingerprint density at radius 3 is 2.70 bits per heavy atom. The molecule has 27 heavy (non-hydrogen) atoms. The van der Waals surface area contributed by atoms with E-state index in [0.717, 1.165) is 67.0 Å². The van der Waals surface area contributed by atoms with Crippen LogP contribution in [0.3, 0.4) is 0 Å². The molecule has 1 fully saturated rings. The normalized spacial score (nSPS) is 15.9. The molecule has 0 N–H and O–H groups in total. The van der Waals surface area contributed by atoms with Gasteiger partial charge in [0.25, 0.3) is 0 Å². The minimum absolute atomic E-state index is 0.144. The first-order chi connectivity index (χ1) is 13.1. The maximum atomic E-state index is 13.5. The minimum atomic E-state index is -0.235. The van der Waals surface area contributed by atoms with Crippen molar-refractivity contribution in [2.75, 3.05) is 26.2 Å². The van der Waals surface area contributed by atoms with Crippen LogP contribution in [0.1, 0.15) is 19.1 Å². The van der Waals surface area contributed by atoms with E-state index in [0.29, 0.717) is 0 Å². The van der Waals surface area contributed by atoms with Crippen molar-refractivity contribution in [3.63, 3.8) is 0 Å². The Morgan fingerprint density at radius 1 is 1.04 bits per heavy atom. The zero-order valence-corrected chi connectivity index (χ0v) is 15.5.